The summed E-state index contributed by atoms with van der Waals surface area (Å²) in [6.45, 7) is 9.79. The number of hydrogen-bond acceptors (Lipinski definition) is 10. The molecule has 0 amide bonds. The van der Waals surface area contributed by atoms with Crippen molar-refractivity contribution < 1.29 is 52.8 Å². The molecule has 5 rings (SSSR count). The maximum Gasteiger partial charge on any atom is 0.506 e. The third kappa shape index (κ3) is 5.78. The fourth-order valence-corrected chi connectivity index (χ4v) is 8.31. The molecular formula is C34H40O11. The van der Waals surface area contributed by atoms with E-state index in [4.69, 9.17) is 23.7 Å². The average Bonchev–Trinajstić information content (AvgIpc) is 3.73. The topological polar surface area (TPSA) is 155 Å². The minimum Gasteiger partial charge on any atom is -0.462 e. The van der Waals surface area contributed by atoms with E-state index in [0.29, 0.717) is 11.1 Å². The fourth-order valence-electron chi connectivity index (χ4n) is 8.31. The van der Waals surface area contributed by atoms with Gasteiger partial charge < -0.3 is 28.8 Å². The van der Waals surface area contributed by atoms with Crippen molar-refractivity contribution >= 4 is 35.9 Å². The van der Waals surface area contributed by atoms with Crippen LogP contribution in [0.2, 0.25) is 0 Å². The van der Waals surface area contributed by atoms with Gasteiger partial charge in [-0.2, -0.15) is 0 Å². The molecule has 4 aliphatic rings. The predicted molar refractivity (Wildman–Crippen MR) is 158 cm³/mol. The summed E-state index contributed by atoms with van der Waals surface area (Å²) in [4.78, 5) is 64.3. The molecule has 45 heavy (non-hydrogen) atoms. The number of rotatable bonds is 6. The Morgan fingerprint density at radius 2 is 1.62 bits per heavy atom. The number of hydrogen-bond donors (Lipinski definition) is 1. The van der Waals surface area contributed by atoms with Gasteiger partial charge in [-0.25, -0.2) is 9.59 Å². The Morgan fingerprint density at radius 3 is 2.20 bits per heavy atom. The van der Waals surface area contributed by atoms with E-state index in [1.807, 2.05) is 51.1 Å². The summed E-state index contributed by atoms with van der Waals surface area (Å²) in [6.07, 6.45) is -2.30. The Bertz CT molecular complexity index is 1450. The van der Waals surface area contributed by atoms with Gasteiger partial charge >= 0.3 is 24.1 Å². The number of ketones is 1. The van der Waals surface area contributed by atoms with E-state index < -0.39 is 76.7 Å². The number of ether oxygens (including phenoxy) is 5. The summed E-state index contributed by atoms with van der Waals surface area (Å²) < 4.78 is 29.9. The van der Waals surface area contributed by atoms with Crippen LogP contribution < -0.4 is 0 Å². The lowest BCUT2D eigenvalue weighted by Crippen LogP contribution is -2.68. The van der Waals surface area contributed by atoms with Crippen molar-refractivity contribution in [2.24, 2.45) is 22.7 Å². The summed E-state index contributed by atoms with van der Waals surface area (Å²) in [6, 6.07) is 9.27. The summed E-state index contributed by atoms with van der Waals surface area (Å²) in [5, 5.41) is 9.91. The molecule has 1 aromatic rings. The number of carbonyl (C=O) groups is 5. The first kappa shape index (κ1) is 32.4. The van der Waals surface area contributed by atoms with Crippen molar-refractivity contribution in [2.75, 3.05) is 6.61 Å². The smallest absolute Gasteiger partial charge is 0.462 e. The van der Waals surface area contributed by atoms with E-state index in [0.717, 1.165) is 5.56 Å². The highest BCUT2D eigenvalue weighted by molar-refractivity contribution is 5.97. The lowest BCUT2D eigenvalue weighted by Gasteiger charge is -2.60. The van der Waals surface area contributed by atoms with Gasteiger partial charge in [0.15, 0.2) is 11.9 Å². The molecule has 1 spiro atoms. The number of benzene rings is 1. The van der Waals surface area contributed by atoms with Crippen LogP contribution in [-0.4, -0.2) is 71.6 Å². The van der Waals surface area contributed by atoms with Crippen molar-refractivity contribution in [3.8, 4) is 0 Å². The van der Waals surface area contributed by atoms with Crippen LogP contribution in [0.1, 0.15) is 66.4 Å². The molecule has 11 heteroatoms. The minimum atomic E-state index is -1.59. The zero-order chi connectivity index (χ0) is 32.9. The van der Waals surface area contributed by atoms with Crippen LogP contribution in [-0.2, 0) is 42.9 Å². The van der Waals surface area contributed by atoms with E-state index in [1.54, 1.807) is 13.0 Å². The van der Waals surface area contributed by atoms with Crippen LogP contribution in [0.5, 0.6) is 0 Å². The molecule has 11 nitrogen and oxygen atoms in total. The third-order valence-corrected chi connectivity index (χ3v) is 10.3. The van der Waals surface area contributed by atoms with E-state index in [9.17, 15) is 29.1 Å². The Labute approximate surface area is 261 Å². The highest BCUT2D eigenvalue weighted by Crippen LogP contribution is 2.65. The van der Waals surface area contributed by atoms with Gasteiger partial charge in [0, 0.05) is 43.6 Å². The van der Waals surface area contributed by atoms with Gasteiger partial charge in [-0.15, -0.1) is 0 Å². The molecule has 1 aromatic carbocycles. The summed E-state index contributed by atoms with van der Waals surface area (Å²) in [5.41, 5.74) is -1.69. The Balaban J connectivity index is 1.66. The predicted octanol–water partition coefficient (Wildman–Crippen LogP) is 4.67. The molecule has 0 aromatic heterocycles. The minimum absolute atomic E-state index is 0.0191. The van der Waals surface area contributed by atoms with Crippen LogP contribution in [0, 0.1) is 22.7 Å². The molecule has 3 aliphatic carbocycles. The number of fused-ring (bicyclic) bond motifs is 4. The number of carbonyl (C=O) groups excluding carboxylic acids is 4. The zero-order valence-electron chi connectivity index (χ0n) is 26.4. The van der Waals surface area contributed by atoms with Crippen LogP contribution >= 0.6 is 0 Å². The lowest BCUT2D eigenvalue weighted by atomic mass is 9.48. The lowest BCUT2D eigenvalue weighted by molar-refractivity contribution is -0.223. The van der Waals surface area contributed by atoms with E-state index in [1.165, 1.54) is 19.9 Å². The Kier molecular flexibility index (Phi) is 8.46. The molecule has 2 bridgehead atoms. The molecule has 2 saturated carbocycles. The maximum absolute atomic E-state index is 13.6. The van der Waals surface area contributed by atoms with Gasteiger partial charge in [0.1, 0.15) is 23.9 Å². The molecule has 0 radical (unpaired) electrons. The van der Waals surface area contributed by atoms with Crippen LogP contribution in [0.15, 0.2) is 47.6 Å². The maximum atomic E-state index is 13.6. The average molecular weight is 625 g/mol. The molecule has 1 N–H and O–H groups in total. The first-order valence-corrected chi connectivity index (χ1v) is 15.2. The molecule has 3 fully saturated rings. The molecule has 1 saturated heterocycles. The highest BCUT2D eigenvalue weighted by Gasteiger charge is 2.74. The SMILES string of the molecule is CC(=O)OC1C2CC(=O)C(C)=C(C(OC(=O)O)C(OC(C)=O)C3(C)CCC(OC(=O)C=Cc4ccccc4)C4(CO4)C13)C2(C)C. The van der Waals surface area contributed by atoms with Crippen molar-refractivity contribution in [2.45, 2.75) is 90.8 Å². The number of epoxide rings is 1. The highest BCUT2D eigenvalue weighted by atomic mass is 16.7. The van der Waals surface area contributed by atoms with Crippen LogP contribution in [0.3, 0.4) is 0 Å². The van der Waals surface area contributed by atoms with Gasteiger partial charge in [-0.3, -0.25) is 14.4 Å². The second kappa shape index (κ2) is 11.7. The number of esters is 3. The second-order valence-corrected chi connectivity index (χ2v) is 13.3. The van der Waals surface area contributed by atoms with Gasteiger partial charge in [0.05, 0.1) is 6.61 Å². The summed E-state index contributed by atoms with van der Waals surface area (Å²) >= 11 is 0. The number of Topliss-reactive ketones (excluding diaryl/α,β-unsaturated/α-hetero) is 1. The summed E-state index contributed by atoms with van der Waals surface area (Å²) in [5.74, 6) is -3.50. The van der Waals surface area contributed by atoms with Crippen molar-refractivity contribution in [3.05, 3.63) is 53.1 Å². The molecule has 1 heterocycles. The molecule has 8 unspecified atom stereocenters. The summed E-state index contributed by atoms with van der Waals surface area (Å²) in [7, 11) is 0. The van der Waals surface area contributed by atoms with E-state index in [-0.39, 0.29) is 31.7 Å². The zero-order valence-corrected chi connectivity index (χ0v) is 26.4. The first-order chi connectivity index (χ1) is 21.1. The third-order valence-electron chi connectivity index (χ3n) is 10.3. The van der Waals surface area contributed by atoms with Crippen molar-refractivity contribution in [1.82, 2.24) is 0 Å². The van der Waals surface area contributed by atoms with Crippen LogP contribution in [0.4, 0.5) is 4.79 Å². The van der Waals surface area contributed by atoms with Gasteiger partial charge in [0.25, 0.3) is 0 Å². The quantitative estimate of drug-likeness (QED) is 0.203. The van der Waals surface area contributed by atoms with Gasteiger partial charge in [-0.1, -0.05) is 51.1 Å². The molecular weight excluding hydrogens is 584 g/mol. The normalized spacial score (nSPS) is 35.1. The van der Waals surface area contributed by atoms with E-state index in [2.05, 4.69) is 0 Å². The molecule has 1 aliphatic heterocycles. The second-order valence-electron chi connectivity index (χ2n) is 13.3. The Morgan fingerprint density at radius 1 is 0.978 bits per heavy atom. The number of allylic oxidation sites excluding steroid dienone is 1. The van der Waals surface area contributed by atoms with Gasteiger partial charge in [0.2, 0.25) is 0 Å². The first-order valence-electron chi connectivity index (χ1n) is 15.2. The van der Waals surface area contributed by atoms with Crippen molar-refractivity contribution in [1.29, 1.82) is 0 Å². The van der Waals surface area contributed by atoms with Crippen LogP contribution in [0.25, 0.3) is 6.08 Å². The standard InChI is InChI=1S/C34H40O11/c1-18-23(37)16-22-27(42-19(2)35)29-33(6,30(43-20(3)36)28(45-31(39)40)26(18)32(22,4)5)15-14-24(34(29)17-41-34)44-25(38)13-12-21-10-8-7-9-11-21/h7-13,22,24,27-30H,14-17H2,1-6H3,(H,39,40). The monoisotopic (exact) mass is 624 g/mol. The number of carboxylic acid groups (broad SMARTS) is 1. The fraction of sp³-hybridized carbons (Fsp3) is 0.559. The molecule has 8 atom stereocenters. The largest absolute Gasteiger partial charge is 0.506 e. The van der Waals surface area contributed by atoms with Crippen molar-refractivity contribution in [3.63, 3.8) is 0 Å². The Hall–Kier alpha value is -3.99. The van der Waals surface area contributed by atoms with Gasteiger partial charge in [-0.05, 0) is 48.0 Å². The van der Waals surface area contributed by atoms with E-state index >= 15 is 0 Å². The molecule has 242 valence electrons.